The number of methoxy groups -OCH3 is 1. The van der Waals surface area contributed by atoms with Crippen LogP contribution in [-0.2, 0) is 16.0 Å². The highest BCUT2D eigenvalue weighted by atomic mass is 79.9. The van der Waals surface area contributed by atoms with Gasteiger partial charge in [0.25, 0.3) is 5.56 Å². The Labute approximate surface area is 182 Å². The van der Waals surface area contributed by atoms with Crippen LogP contribution in [0.2, 0.25) is 0 Å². The number of carbonyl (C=O) groups excluding carboxylic acids is 1. The first-order valence-corrected chi connectivity index (χ1v) is 10.3. The van der Waals surface area contributed by atoms with E-state index in [1.807, 2.05) is 25.1 Å². The van der Waals surface area contributed by atoms with Gasteiger partial charge < -0.3 is 9.47 Å². The summed E-state index contributed by atoms with van der Waals surface area (Å²) in [6, 6.07) is 12.5. The molecular formula is C22H22BrN3O4. The van der Waals surface area contributed by atoms with E-state index in [2.05, 4.69) is 30.8 Å². The molecule has 7 nitrogen and oxygen atoms in total. The molecule has 0 N–H and O–H groups in total. The Morgan fingerprint density at radius 3 is 2.83 bits per heavy atom. The number of nitrogens with zero attached hydrogens (tertiary/aromatic N) is 3. The van der Waals surface area contributed by atoms with Crippen molar-refractivity contribution < 1.29 is 14.3 Å². The number of esters is 1. The van der Waals surface area contributed by atoms with Gasteiger partial charge in [0.15, 0.2) is 6.10 Å². The number of hydrogen-bond donors (Lipinski definition) is 0. The second-order valence-electron chi connectivity index (χ2n) is 6.66. The van der Waals surface area contributed by atoms with Crippen LogP contribution in [0.15, 0.2) is 56.8 Å². The average molecular weight is 472 g/mol. The number of carbonyl (C=O) groups is 1. The summed E-state index contributed by atoms with van der Waals surface area (Å²) in [5.74, 6) is 0.636. The van der Waals surface area contributed by atoms with E-state index in [9.17, 15) is 9.59 Å². The Morgan fingerprint density at radius 1 is 1.30 bits per heavy atom. The topological polar surface area (TPSA) is 82.8 Å². The van der Waals surface area contributed by atoms with Gasteiger partial charge in [-0.1, -0.05) is 35.0 Å². The van der Waals surface area contributed by atoms with Crippen LogP contribution in [0, 0.1) is 0 Å². The lowest BCUT2D eigenvalue weighted by Gasteiger charge is -2.12. The summed E-state index contributed by atoms with van der Waals surface area (Å²) in [6.45, 7) is 3.64. The van der Waals surface area contributed by atoms with Gasteiger partial charge in [0.05, 0.1) is 24.2 Å². The predicted octanol–water partition coefficient (Wildman–Crippen LogP) is 3.93. The summed E-state index contributed by atoms with van der Waals surface area (Å²) in [5.41, 5.74) is 1.13. The molecule has 30 heavy (non-hydrogen) atoms. The Kier molecular flexibility index (Phi) is 6.99. The molecule has 0 spiro atoms. The minimum absolute atomic E-state index is 0.229. The molecule has 0 unspecified atom stereocenters. The zero-order chi connectivity index (χ0) is 21.7. The first-order chi connectivity index (χ1) is 14.4. The molecule has 0 bridgehead atoms. The number of rotatable bonds is 7. The fourth-order valence-electron chi connectivity index (χ4n) is 2.91. The van der Waals surface area contributed by atoms with Crippen molar-refractivity contribution in [3.8, 4) is 5.75 Å². The van der Waals surface area contributed by atoms with Gasteiger partial charge >= 0.3 is 5.97 Å². The number of aryl methyl sites for hydroxylation is 1. The molecule has 0 saturated carbocycles. The van der Waals surface area contributed by atoms with Crippen molar-refractivity contribution in [1.29, 1.82) is 0 Å². The van der Waals surface area contributed by atoms with Crippen molar-refractivity contribution in [2.45, 2.75) is 32.8 Å². The smallest absolute Gasteiger partial charge is 0.346 e. The van der Waals surface area contributed by atoms with Crippen LogP contribution < -0.4 is 10.3 Å². The summed E-state index contributed by atoms with van der Waals surface area (Å²) < 4.78 is 12.4. The summed E-state index contributed by atoms with van der Waals surface area (Å²) in [5, 5.41) is 4.89. The number of fused-ring (bicyclic) bond motifs is 1. The molecule has 0 amide bonds. The van der Waals surface area contributed by atoms with E-state index in [1.165, 1.54) is 11.8 Å². The molecular weight excluding hydrogens is 450 g/mol. The van der Waals surface area contributed by atoms with E-state index in [0.717, 1.165) is 10.9 Å². The molecule has 156 valence electrons. The number of ether oxygens (including phenoxy) is 2. The minimum atomic E-state index is -0.732. The highest BCUT2D eigenvalue weighted by Gasteiger charge is 2.15. The number of hydrogen-bond acceptors (Lipinski definition) is 6. The second kappa shape index (κ2) is 9.67. The molecule has 8 heteroatoms. The normalized spacial score (nSPS) is 12.3. The summed E-state index contributed by atoms with van der Waals surface area (Å²) in [6.07, 6.45) is 2.29. The van der Waals surface area contributed by atoms with Crippen LogP contribution in [0.1, 0.15) is 31.7 Å². The number of benzene rings is 2. The fourth-order valence-corrected chi connectivity index (χ4v) is 3.27. The molecule has 0 aliphatic carbocycles. The van der Waals surface area contributed by atoms with Gasteiger partial charge in [-0.25, -0.2) is 9.78 Å². The van der Waals surface area contributed by atoms with Crippen molar-refractivity contribution >= 4 is 39.0 Å². The maximum Gasteiger partial charge on any atom is 0.346 e. The maximum absolute atomic E-state index is 13.0. The van der Waals surface area contributed by atoms with E-state index >= 15 is 0 Å². The SMILES string of the molecule is CCCc1nc2ccc(Br)cc2c(=O)n1N=Cc1cccc(O[C@@H](C)C(=O)OC)c1. The lowest BCUT2D eigenvalue weighted by Crippen LogP contribution is -2.24. The van der Waals surface area contributed by atoms with Gasteiger partial charge in [-0.15, -0.1) is 0 Å². The van der Waals surface area contributed by atoms with Crippen LogP contribution in [0.3, 0.4) is 0 Å². The number of aromatic nitrogens is 2. The van der Waals surface area contributed by atoms with E-state index in [-0.39, 0.29) is 5.56 Å². The molecule has 0 saturated heterocycles. The quantitative estimate of drug-likeness (QED) is 0.385. The third-order valence-corrected chi connectivity index (χ3v) is 4.87. The lowest BCUT2D eigenvalue weighted by atomic mass is 10.2. The van der Waals surface area contributed by atoms with Crippen molar-refractivity contribution in [2.75, 3.05) is 7.11 Å². The Bertz CT molecular complexity index is 1160. The van der Waals surface area contributed by atoms with Crippen molar-refractivity contribution in [1.82, 2.24) is 9.66 Å². The molecule has 0 aliphatic rings. The zero-order valence-electron chi connectivity index (χ0n) is 17.0. The van der Waals surface area contributed by atoms with Crippen molar-refractivity contribution in [3.05, 3.63) is 68.7 Å². The molecule has 1 atom stereocenters. The van der Waals surface area contributed by atoms with Gasteiger partial charge in [0.2, 0.25) is 0 Å². The monoisotopic (exact) mass is 471 g/mol. The van der Waals surface area contributed by atoms with Gasteiger partial charge in [-0.05, 0) is 49.2 Å². The van der Waals surface area contributed by atoms with Crippen LogP contribution >= 0.6 is 15.9 Å². The van der Waals surface area contributed by atoms with Crippen LogP contribution in [0.5, 0.6) is 5.75 Å². The van der Waals surface area contributed by atoms with E-state index in [0.29, 0.717) is 34.5 Å². The van der Waals surface area contributed by atoms with Crippen molar-refractivity contribution in [3.63, 3.8) is 0 Å². The molecule has 1 aromatic heterocycles. The Hall–Kier alpha value is -3.00. The largest absolute Gasteiger partial charge is 0.479 e. The molecule has 0 radical (unpaired) electrons. The first-order valence-electron chi connectivity index (χ1n) is 9.53. The van der Waals surface area contributed by atoms with E-state index < -0.39 is 12.1 Å². The molecule has 3 rings (SSSR count). The third kappa shape index (κ3) is 4.94. The molecule has 2 aromatic carbocycles. The fraction of sp³-hybridized carbons (Fsp3) is 0.273. The molecule has 0 fully saturated rings. The van der Waals surface area contributed by atoms with Gasteiger partial charge in [0.1, 0.15) is 11.6 Å². The third-order valence-electron chi connectivity index (χ3n) is 4.38. The predicted molar refractivity (Wildman–Crippen MR) is 119 cm³/mol. The Morgan fingerprint density at radius 2 is 2.10 bits per heavy atom. The van der Waals surface area contributed by atoms with E-state index in [1.54, 1.807) is 37.4 Å². The van der Waals surface area contributed by atoms with Crippen LogP contribution in [-0.4, -0.2) is 35.1 Å². The van der Waals surface area contributed by atoms with Gasteiger partial charge in [-0.2, -0.15) is 9.78 Å². The standard InChI is InChI=1S/C22H22BrN3O4/c1-4-6-20-25-19-10-9-16(23)12-18(19)21(27)26(20)24-13-15-7-5-8-17(11-15)30-14(2)22(28)29-3/h5,7-14H,4,6H2,1-3H3/t14-/m0/s1. The highest BCUT2D eigenvalue weighted by molar-refractivity contribution is 9.10. The summed E-state index contributed by atoms with van der Waals surface area (Å²) in [4.78, 5) is 29.2. The van der Waals surface area contributed by atoms with Gasteiger partial charge in [0, 0.05) is 10.9 Å². The van der Waals surface area contributed by atoms with Crippen molar-refractivity contribution in [2.24, 2.45) is 5.10 Å². The first kappa shape index (κ1) is 21.7. The average Bonchev–Trinajstić information content (AvgIpc) is 2.74. The summed E-state index contributed by atoms with van der Waals surface area (Å²) >= 11 is 3.40. The Balaban J connectivity index is 1.96. The zero-order valence-corrected chi connectivity index (χ0v) is 18.5. The maximum atomic E-state index is 13.0. The van der Waals surface area contributed by atoms with Crippen LogP contribution in [0.4, 0.5) is 0 Å². The van der Waals surface area contributed by atoms with Gasteiger partial charge in [-0.3, -0.25) is 4.79 Å². The second-order valence-corrected chi connectivity index (χ2v) is 7.57. The highest BCUT2D eigenvalue weighted by Crippen LogP contribution is 2.17. The minimum Gasteiger partial charge on any atom is -0.479 e. The molecule has 0 aliphatic heterocycles. The van der Waals surface area contributed by atoms with E-state index in [4.69, 9.17) is 4.74 Å². The summed E-state index contributed by atoms with van der Waals surface area (Å²) in [7, 11) is 1.31. The molecule has 1 heterocycles. The van der Waals surface area contributed by atoms with Crippen LogP contribution in [0.25, 0.3) is 10.9 Å². The molecule has 3 aromatic rings. The lowest BCUT2D eigenvalue weighted by molar-refractivity contribution is -0.147. The number of halogens is 1.